The van der Waals surface area contributed by atoms with Crippen LogP contribution in [0, 0.1) is 0 Å². The van der Waals surface area contributed by atoms with E-state index in [1.807, 2.05) is 0 Å². The molecule has 2 atom stereocenters. The number of likely N-dealkylation sites (N-methyl/N-ethyl adjacent to an activating group) is 1. The van der Waals surface area contributed by atoms with Gasteiger partial charge in [0, 0.05) is 24.8 Å². The van der Waals surface area contributed by atoms with E-state index in [-0.39, 0.29) is 5.78 Å². The van der Waals surface area contributed by atoms with Crippen LogP contribution in [0.25, 0.3) is 0 Å². The predicted molar refractivity (Wildman–Crippen MR) is 56.9 cm³/mol. The van der Waals surface area contributed by atoms with Gasteiger partial charge in [0.05, 0.1) is 20.1 Å². The molecule has 2 aliphatic heterocycles. The first-order chi connectivity index (χ1) is 6.53. The second-order valence-electron chi connectivity index (χ2n) is 5.17. The number of hydrogen-bond donors (Lipinski definition) is 0. The highest BCUT2D eigenvalue weighted by atomic mass is 16.1. The molecule has 0 radical (unpaired) electrons. The quantitative estimate of drug-likeness (QED) is 0.583. The molecule has 2 rings (SSSR count). The summed E-state index contributed by atoms with van der Waals surface area (Å²) >= 11 is 0. The maximum atomic E-state index is 11.5. The summed E-state index contributed by atoms with van der Waals surface area (Å²) in [5.74, 6) is 0.281. The maximum Gasteiger partial charge on any atom is 0.161 e. The smallest absolute Gasteiger partial charge is 0.161 e. The van der Waals surface area contributed by atoms with Crippen LogP contribution in [0.15, 0.2) is 11.6 Å². The highest BCUT2D eigenvalue weighted by molar-refractivity contribution is 5.94. The van der Waals surface area contributed by atoms with Gasteiger partial charge in [-0.3, -0.25) is 4.79 Å². The van der Waals surface area contributed by atoms with Crippen LogP contribution in [0.1, 0.15) is 32.6 Å². The zero-order valence-electron chi connectivity index (χ0n) is 9.42. The van der Waals surface area contributed by atoms with Crippen molar-refractivity contribution in [1.29, 1.82) is 0 Å². The van der Waals surface area contributed by atoms with Crippen LogP contribution < -0.4 is 0 Å². The normalized spacial score (nSPS) is 34.9. The molecule has 0 N–H and O–H groups in total. The molecule has 14 heavy (non-hydrogen) atoms. The number of hydrogen-bond acceptors (Lipinski definition) is 1. The monoisotopic (exact) mass is 194 g/mol. The van der Waals surface area contributed by atoms with E-state index in [1.54, 1.807) is 6.92 Å². The minimum atomic E-state index is 0.281. The second kappa shape index (κ2) is 3.20. The Morgan fingerprint density at radius 2 is 2.07 bits per heavy atom. The number of carbonyl (C=O) groups is 1. The molecule has 2 heterocycles. The van der Waals surface area contributed by atoms with Crippen LogP contribution in [-0.4, -0.2) is 36.4 Å². The fourth-order valence-corrected chi connectivity index (χ4v) is 3.21. The highest BCUT2D eigenvalue weighted by Crippen LogP contribution is 2.38. The van der Waals surface area contributed by atoms with Crippen LogP contribution in [-0.2, 0) is 4.79 Å². The number of nitrogens with zero attached hydrogens (tertiary/aromatic N) is 1. The second-order valence-corrected chi connectivity index (χ2v) is 5.17. The molecule has 0 saturated carbocycles. The van der Waals surface area contributed by atoms with Gasteiger partial charge in [-0.05, 0) is 13.3 Å². The van der Waals surface area contributed by atoms with E-state index in [1.165, 1.54) is 19.3 Å². The zero-order chi connectivity index (χ0) is 10.3. The Morgan fingerprint density at radius 3 is 2.71 bits per heavy atom. The van der Waals surface area contributed by atoms with E-state index < -0.39 is 0 Å². The molecule has 2 aliphatic rings. The Morgan fingerprint density at radius 1 is 1.36 bits per heavy atom. The number of quaternary nitrogens is 1. The lowest BCUT2D eigenvalue weighted by Gasteiger charge is -2.36. The van der Waals surface area contributed by atoms with Crippen molar-refractivity contribution in [2.45, 2.75) is 44.7 Å². The van der Waals surface area contributed by atoms with Gasteiger partial charge in [-0.1, -0.05) is 6.08 Å². The van der Waals surface area contributed by atoms with Crippen molar-refractivity contribution in [2.75, 3.05) is 14.1 Å². The van der Waals surface area contributed by atoms with Gasteiger partial charge in [0.15, 0.2) is 5.78 Å². The Kier molecular flexibility index (Phi) is 2.26. The van der Waals surface area contributed by atoms with Crippen molar-refractivity contribution >= 4 is 5.78 Å². The van der Waals surface area contributed by atoms with Gasteiger partial charge in [0.1, 0.15) is 6.04 Å². The molecule has 2 bridgehead atoms. The average molecular weight is 194 g/mol. The molecule has 78 valence electrons. The minimum absolute atomic E-state index is 0.281. The molecule has 0 spiro atoms. The van der Waals surface area contributed by atoms with Crippen LogP contribution in [0.5, 0.6) is 0 Å². The molecular weight excluding hydrogens is 174 g/mol. The third-order valence-electron chi connectivity index (χ3n) is 4.15. The third-order valence-corrected chi connectivity index (χ3v) is 4.15. The van der Waals surface area contributed by atoms with E-state index in [0.29, 0.717) is 6.04 Å². The van der Waals surface area contributed by atoms with Gasteiger partial charge >= 0.3 is 0 Å². The topological polar surface area (TPSA) is 17.1 Å². The molecule has 2 heteroatoms. The number of rotatable bonds is 1. The van der Waals surface area contributed by atoms with Crippen molar-refractivity contribution < 1.29 is 9.28 Å². The van der Waals surface area contributed by atoms with Gasteiger partial charge in [-0.2, -0.15) is 0 Å². The summed E-state index contributed by atoms with van der Waals surface area (Å²) in [6.45, 7) is 1.71. The van der Waals surface area contributed by atoms with Gasteiger partial charge < -0.3 is 4.48 Å². The van der Waals surface area contributed by atoms with Gasteiger partial charge in [-0.15, -0.1) is 0 Å². The maximum absolute atomic E-state index is 11.5. The largest absolute Gasteiger partial charge is 0.320 e. The Labute approximate surface area is 86.2 Å². The van der Waals surface area contributed by atoms with E-state index in [2.05, 4.69) is 20.2 Å². The molecule has 0 aliphatic carbocycles. The molecule has 1 saturated heterocycles. The Bertz CT molecular complexity index is 291. The van der Waals surface area contributed by atoms with Crippen molar-refractivity contribution in [2.24, 2.45) is 0 Å². The third kappa shape index (κ3) is 1.33. The number of carbonyl (C=O) groups excluding carboxylic acids is 1. The van der Waals surface area contributed by atoms with E-state index in [4.69, 9.17) is 0 Å². The molecule has 0 aromatic heterocycles. The molecule has 2 nitrogen and oxygen atoms in total. The number of ketones is 1. The molecule has 0 amide bonds. The summed E-state index contributed by atoms with van der Waals surface area (Å²) in [5.41, 5.74) is 1.09. The van der Waals surface area contributed by atoms with Crippen molar-refractivity contribution in [3.8, 4) is 0 Å². The summed E-state index contributed by atoms with van der Waals surface area (Å²) < 4.78 is 1.03. The van der Waals surface area contributed by atoms with Crippen molar-refractivity contribution in [3.63, 3.8) is 0 Å². The standard InChI is InChI=1S/C12H20NO/c1-9(14)11-6-4-5-10-7-8-12(11)13(10,2)3/h6,10,12H,4-5,7-8H2,1-3H3/q+1/t10-,12-/m1/s1. The van der Waals surface area contributed by atoms with Crippen LogP contribution in [0.3, 0.4) is 0 Å². The SMILES string of the molecule is CC(=O)C1=CCC[C@@H]2CC[C@H]1[N+]2(C)C. The first-order valence-corrected chi connectivity index (χ1v) is 5.58. The molecule has 0 aromatic rings. The summed E-state index contributed by atoms with van der Waals surface area (Å²) in [6.07, 6.45) is 7.02. The van der Waals surface area contributed by atoms with E-state index >= 15 is 0 Å². The minimum Gasteiger partial charge on any atom is -0.320 e. The van der Waals surface area contributed by atoms with Crippen molar-refractivity contribution in [1.82, 2.24) is 0 Å². The lowest BCUT2D eigenvalue weighted by atomic mass is 9.97. The van der Waals surface area contributed by atoms with Crippen LogP contribution in [0.4, 0.5) is 0 Å². The fourth-order valence-electron chi connectivity index (χ4n) is 3.21. The molecular formula is C12H20NO+. The van der Waals surface area contributed by atoms with Crippen LogP contribution in [0.2, 0.25) is 0 Å². The van der Waals surface area contributed by atoms with E-state index in [9.17, 15) is 4.79 Å². The summed E-state index contributed by atoms with van der Waals surface area (Å²) in [5, 5.41) is 0. The summed E-state index contributed by atoms with van der Waals surface area (Å²) in [6, 6.07) is 1.24. The molecule has 0 unspecified atom stereocenters. The molecule has 1 fully saturated rings. The lowest BCUT2D eigenvalue weighted by molar-refractivity contribution is -0.919. The first-order valence-electron chi connectivity index (χ1n) is 5.58. The lowest BCUT2D eigenvalue weighted by Crippen LogP contribution is -2.50. The van der Waals surface area contributed by atoms with Crippen molar-refractivity contribution in [3.05, 3.63) is 11.6 Å². The zero-order valence-corrected chi connectivity index (χ0v) is 9.42. The first kappa shape index (κ1) is 9.91. The summed E-state index contributed by atoms with van der Waals surface area (Å²) in [7, 11) is 4.56. The van der Waals surface area contributed by atoms with Gasteiger partial charge in [0.2, 0.25) is 0 Å². The van der Waals surface area contributed by atoms with Gasteiger partial charge in [-0.25, -0.2) is 0 Å². The fraction of sp³-hybridized carbons (Fsp3) is 0.750. The number of fused-ring (bicyclic) bond motifs is 2. The van der Waals surface area contributed by atoms with Crippen LogP contribution >= 0.6 is 0 Å². The Hall–Kier alpha value is -0.630. The summed E-state index contributed by atoms with van der Waals surface area (Å²) in [4.78, 5) is 11.5. The Balaban J connectivity index is 2.36. The van der Waals surface area contributed by atoms with E-state index in [0.717, 1.165) is 22.5 Å². The van der Waals surface area contributed by atoms with Gasteiger partial charge in [0.25, 0.3) is 0 Å². The highest BCUT2D eigenvalue weighted by Gasteiger charge is 2.46. The number of Topliss-reactive ketones (excluding diaryl/α,β-unsaturated/α-hetero) is 1. The average Bonchev–Trinajstić information content (AvgIpc) is 2.20. The predicted octanol–water partition coefficient (Wildman–Crippen LogP) is 1.90. The number of allylic oxidation sites excluding steroid dienone is 1. The molecule has 0 aromatic carbocycles.